The van der Waals surface area contributed by atoms with Crippen LogP contribution in [0, 0.1) is 6.92 Å². The standard InChI is InChI=1S/C29H28N2O2S/c1-22-11-8-9-17-26(22)28(29(33)30-20-23-12-4-2-5-13-23)31(21-24-14-6-3-7-15-24)27(32)19-25-16-10-18-34-25/h2-18,28H,19-21H2,1H3,(H,30,33)/t28-/m0/s1. The van der Waals surface area contributed by atoms with E-state index in [1.165, 1.54) is 0 Å². The lowest BCUT2D eigenvalue weighted by Gasteiger charge is -2.32. The zero-order valence-electron chi connectivity index (χ0n) is 19.2. The molecule has 0 bridgehead atoms. The van der Waals surface area contributed by atoms with Gasteiger partial charge in [0.1, 0.15) is 6.04 Å². The molecule has 0 saturated heterocycles. The third-order valence-corrected chi connectivity index (χ3v) is 6.65. The molecule has 34 heavy (non-hydrogen) atoms. The van der Waals surface area contributed by atoms with Crippen molar-refractivity contribution in [3.05, 3.63) is 130 Å². The van der Waals surface area contributed by atoms with Gasteiger partial charge < -0.3 is 10.2 Å². The summed E-state index contributed by atoms with van der Waals surface area (Å²) in [5, 5.41) is 5.04. The quantitative estimate of drug-likeness (QED) is 0.343. The average molecular weight is 469 g/mol. The number of amides is 2. The highest BCUT2D eigenvalue weighted by atomic mass is 32.1. The Morgan fingerprint density at radius 1 is 0.824 bits per heavy atom. The first kappa shape index (κ1) is 23.5. The molecule has 4 rings (SSSR count). The van der Waals surface area contributed by atoms with E-state index in [-0.39, 0.29) is 18.2 Å². The van der Waals surface area contributed by atoms with Crippen LogP contribution in [0.4, 0.5) is 0 Å². The Bertz CT molecular complexity index is 1210. The molecule has 0 unspecified atom stereocenters. The summed E-state index contributed by atoms with van der Waals surface area (Å²) in [5.74, 6) is -0.261. The number of nitrogens with one attached hydrogen (secondary N) is 1. The van der Waals surface area contributed by atoms with Gasteiger partial charge >= 0.3 is 0 Å². The molecule has 1 atom stereocenters. The summed E-state index contributed by atoms with van der Waals surface area (Å²) in [6.45, 7) is 2.74. The van der Waals surface area contributed by atoms with Gasteiger partial charge in [0.25, 0.3) is 0 Å². The first-order valence-corrected chi connectivity index (χ1v) is 12.2. The molecule has 0 radical (unpaired) electrons. The first-order chi connectivity index (χ1) is 16.6. The van der Waals surface area contributed by atoms with E-state index in [0.29, 0.717) is 13.1 Å². The number of carbonyl (C=O) groups excluding carboxylic acids is 2. The number of nitrogens with zero attached hydrogens (tertiary/aromatic N) is 1. The Balaban J connectivity index is 1.69. The number of aryl methyl sites for hydroxylation is 1. The van der Waals surface area contributed by atoms with Crippen LogP contribution in [0.3, 0.4) is 0 Å². The van der Waals surface area contributed by atoms with Crippen molar-refractivity contribution in [2.45, 2.75) is 32.5 Å². The predicted molar refractivity (Wildman–Crippen MR) is 137 cm³/mol. The molecular formula is C29H28N2O2S. The van der Waals surface area contributed by atoms with Gasteiger partial charge in [0.05, 0.1) is 6.42 Å². The van der Waals surface area contributed by atoms with Crippen LogP contribution in [0.15, 0.2) is 102 Å². The lowest BCUT2D eigenvalue weighted by atomic mass is 9.97. The zero-order chi connectivity index (χ0) is 23.8. The van der Waals surface area contributed by atoms with Crippen LogP contribution in [0.25, 0.3) is 0 Å². The minimum absolute atomic E-state index is 0.0746. The molecule has 3 aromatic carbocycles. The van der Waals surface area contributed by atoms with Gasteiger partial charge in [0, 0.05) is 18.0 Å². The maximum absolute atomic E-state index is 13.7. The molecule has 4 aromatic rings. The average Bonchev–Trinajstić information content (AvgIpc) is 3.38. The van der Waals surface area contributed by atoms with Gasteiger partial charge in [-0.25, -0.2) is 0 Å². The van der Waals surface area contributed by atoms with E-state index in [1.807, 2.05) is 109 Å². The maximum Gasteiger partial charge on any atom is 0.247 e. The van der Waals surface area contributed by atoms with Crippen molar-refractivity contribution in [3.63, 3.8) is 0 Å². The predicted octanol–water partition coefficient (Wildman–Crippen LogP) is 5.69. The van der Waals surface area contributed by atoms with E-state index in [2.05, 4.69) is 5.32 Å². The van der Waals surface area contributed by atoms with Crippen molar-refractivity contribution in [1.29, 1.82) is 0 Å². The van der Waals surface area contributed by atoms with E-state index in [0.717, 1.165) is 27.1 Å². The second-order valence-corrected chi connectivity index (χ2v) is 9.26. The third kappa shape index (κ3) is 6.00. The lowest BCUT2D eigenvalue weighted by Crippen LogP contribution is -2.44. The zero-order valence-corrected chi connectivity index (χ0v) is 20.0. The normalized spacial score (nSPS) is 11.6. The highest BCUT2D eigenvalue weighted by molar-refractivity contribution is 7.10. The fourth-order valence-corrected chi connectivity index (χ4v) is 4.69. The summed E-state index contributed by atoms with van der Waals surface area (Å²) in [6, 6.07) is 30.6. The molecule has 0 aliphatic heterocycles. The summed E-state index contributed by atoms with van der Waals surface area (Å²) in [4.78, 5) is 30.1. The van der Waals surface area contributed by atoms with Crippen LogP contribution in [0.1, 0.15) is 33.2 Å². The summed E-state index contributed by atoms with van der Waals surface area (Å²) >= 11 is 1.55. The van der Waals surface area contributed by atoms with Crippen LogP contribution in [0.5, 0.6) is 0 Å². The lowest BCUT2D eigenvalue weighted by molar-refractivity contribution is -0.141. The van der Waals surface area contributed by atoms with Crippen molar-refractivity contribution in [3.8, 4) is 0 Å². The second-order valence-electron chi connectivity index (χ2n) is 8.23. The van der Waals surface area contributed by atoms with Gasteiger partial charge in [-0.1, -0.05) is 91.0 Å². The molecule has 1 N–H and O–H groups in total. The molecule has 172 valence electrons. The second kappa shape index (κ2) is 11.4. The summed E-state index contributed by atoms with van der Waals surface area (Å²) in [6.07, 6.45) is 0.263. The molecule has 2 amide bonds. The van der Waals surface area contributed by atoms with E-state index < -0.39 is 6.04 Å². The molecule has 0 aliphatic carbocycles. The molecule has 4 nitrogen and oxygen atoms in total. The Hall–Kier alpha value is -3.70. The monoisotopic (exact) mass is 468 g/mol. The molecule has 0 saturated carbocycles. The molecule has 0 aliphatic rings. The topological polar surface area (TPSA) is 49.4 Å². The van der Waals surface area contributed by atoms with Crippen LogP contribution in [-0.4, -0.2) is 16.7 Å². The minimum Gasteiger partial charge on any atom is -0.350 e. The number of hydrogen-bond acceptors (Lipinski definition) is 3. The summed E-state index contributed by atoms with van der Waals surface area (Å²) in [5.41, 5.74) is 3.81. The van der Waals surface area contributed by atoms with Crippen molar-refractivity contribution in [1.82, 2.24) is 10.2 Å². The number of benzene rings is 3. The third-order valence-electron chi connectivity index (χ3n) is 5.77. The molecule has 0 fully saturated rings. The molecule has 5 heteroatoms. The van der Waals surface area contributed by atoms with E-state index in [9.17, 15) is 9.59 Å². The Morgan fingerprint density at radius 3 is 2.12 bits per heavy atom. The summed E-state index contributed by atoms with van der Waals surface area (Å²) in [7, 11) is 0. The van der Waals surface area contributed by atoms with Gasteiger partial charge in [0.2, 0.25) is 11.8 Å². The van der Waals surface area contributed by atoms with Gasteiger partial charge in [-0.2, -0.15) is 0 Å². The van der Waals surface area contributed by atoms with Crippen molar-refractivity contribution in [2.24, 2.45) is 0 Å². The van der Waals surface area contributed by atoms with Crippen LogP contribution in [0.2, 0.25) is 0 Å². The van der Waals surface area contributed by atoms with Crippen molar-refractivity contribution in [2.75, 3.05) is 0 Å². The highest BCUT2D eigenvalue weighted by Crippen LogP contribution is 2.28. The van der Waals surface area contributed by atoms with E-state index in [1.54, 1.807) is 16.2 Å². The molecule has 1 aromatic heterocycles. The van der Waals surface area contributed by atoms with Crippen LogP contribution < -0.4 is 5.32 Å². The minimum atomic E-state index is -0.738. The van der Waals surface area contributed by atoms with Gasteiger partial charge in [-0.15, -0.1) is 11.3 Å². The van der Waals surface area contributed by atoms with Gasteiger partial charge in [-0.05, 0) is 40.6 Å². The SMILES string of the molecule is Cc1ccccc1[C@@H](C(=O)NCc1ccccc1)N(Cc1ccccc1)C(=O)Cc1cccs1. The number of hydrogen-bond donors (Lipinski definition) is 1. The maximum atomic E-state index is 13.7. The van der Waals surface area contributed by atoms with E-state index in [4.69, 9.17) is 0 Å². The molecule has 1 heterocycles. The van der Waals surface area contributed by atoms with Gasteiger partial charge in [-0.3, -0.25) is 9.59 Å². The Labute approximate surface area is 204 Å². The Kier molecular flexibility index (Phi) is 7.89. The van der Waals surface area contributed by atoms with Crippen molar-refractivity contribution < 1.29 is 9.59 Å². The van der Waals surface area contributed by atoms with Crippen LogP contribution in [-0.2, 0) is 29.1 Å². The number of rotatable bonds is 9. The fraction of sp³-hybridized carbons (Fsp3) is 0.172. The van der Waals surface area contributed by atoms with Crippen LogP contribution >= 0.6 is 11.3 Å². The van der Waals surface area contributed by atoms with Crippen molar-refractivity contribution >= 4 is 23.2 Å². The fourth-order valence-electron chi connectivity index (χ4n) is 3.99. The molecular weight excluding hydrogens is 440 g/mol. The first-order valence-electron chi connectivity index (χ1n) is 11.3. The largest absolute Gasteiger partial charge is 0.350 e. The van der Waals surface area contributed by atoms with Gasteiger partial charge in [0.15, 0.2) is 0 Å². The number of carbonyl (C=O) groups is 2. The Morgan fingerprint density at radius 2 is 1.47 bits per heavy atom. The molecule has 0 spiro atoms. The summed E-state index contributed by atoms with van der Waals surface area (Å²) < 4.78 is 0. The smallest absolute Gasteiger partial charge is 0.247 e. The number of thiophene rings is 1. The highest BCUT2D eigenvalue weighted by Gasteiger charge is 2.32. The van der Waals surface area contributed by atoms with E-state index >= 15 is 0 Å².